The molecule has 1 fully saturated rings. The van der Waals surface area contributed by atoms with Crippen LogP contribution in [0.1, 0.15) is 6.42 Å². The van der Waals surface area contributed by atoms with Crippen molar-refractivity contribution in [2.45, 2.75) is 12.6 Å². The van der Waals surface area contributed by atoms with Crippen molar-refractivity contribution in [3.8, 4) is 5.75 Å². The van der Waals surface area contributed by atoms with Gasteiger partial charge in [-0.25, -0.2) is 4.79 Å². The van der Waals surface area contributed by atoms with Crippen LogP contribution in [0.2, 0.25) is 0 Å². The van der Waals surface area contributed by atoms with Gasteiger partial charge in [0.05, 0.1) is 13.2 Å². The molecule has 1 aliphatic heterocycles. The van der Waals surface area contributed by atoms with Crippen molar-refractivity contribution in [2.24, 2.45) is 0 Å². The van der Waals surface area contributed by atoms with Gasteiger partial charge in [-0.05, 0) is 25.1 Å². The van der Waals surface area contributed by atoms with E-state index >= 15 is 0 Å². The van der Waals surface area contributed by atoms with Crippen molar-refractivity contribution in [1.29, 1.82) is 0 Å². The fourth-order valence-electron chi connectivity index (χ4n) is 2.33. The summed E-state index contributed by atoms with van der Waals surface area (Å²) in [6, 6.07) is 5.43. The van der Waals surface area contributed by atoms with E-state index in [0.29, 0.717) is 12.2 Å². The molecule has 25 heavy (non-hydrogen) atoms. The molecule has 1 aromatic carbocycles. The average Bonchev–Trinajstić information content (AvgIpc) is 2.58. The van der Waals surface area contributed by atoms with Crippen molar-refractivity contribution in [3.63, 3.8) is 0 Å². The number of nitrogens with zero attached hydrogens (tertiary/aromatic N) is 1. The van der Waals surface area contributed by atoms with Gasteiger partial charge in [-0.1, -0.05) is 6.07 Å². The van der Waals surface area contributed by atoms with Crippen LogP contribution in [-0.2, 0) is 4.74 Å². The third-order valence-electron chi connectivity index (χ3n) is 3.53. The summed E-state index contributed by atoms with van der Waals surface area (Å²) in [6.45, 7) is 3.29. The molecule has 0 bridgehead atoms. The molecule has 0 unspecified atom stereocenters. The predicted octanol–water partition coefficient (Wildman–Crippen LogP) is 2.47. The van der Waals surface area contributed by atoms with Crippen LogP contribution >= 0.6 is 0 Å². The molecule has 0 radical (unpaired) electrons. The highest BCUT2D eigenvalue weighted by molar-refractivity contribution is 5.89. The van der Waals surface area contributed by atoms with Crippen LogP contribution in [-0.4, -0.2) is 63.1 Å². The molecule has 2 N–H and O–H groups in total. The lowest BCUT2D eigenvalue weighted by Gasteiger charge is -2.26. The third kappa shape index (κ3) is 8.08. The number of nitrogens with one attached hydrogen (secondary N) is 2. The molecular formula is C16H22F3N3O3. The normalized spacial score (nSPS) is 15.6. The van der Waals surface area contributed by atoms with Crippen molar-refractivity contribution in [3.05, 3.63) is 24.3 Å². The second kappa shape index (κ2) is 9.47. The minimum Gasteiger partial charge on any atom is -0.484 e. The lowest BCUT2D eigenvalue weighted by Crippen LogP contribution is -2.38. The molecule has 0 atom stereocenters. The number of carbonyl (C=O) groups excluding carboxylic acids is 1. The standard InChI is InChI=1S/C16H22F3N3O3/c17-16(18,19)12-25-14-4-1-3-13(11-14)21-15(23)20-5-2-6-22-7-9-24-10-8-22/h1,3-4,11H,2,5-10,12H2,(H2,20,21,23). The minimum absolute atomic E-state index is 0.0439. The van der Waals surface area contributed by atoms with Crippen molar-refractivity contribution in [2.75, 3.05) is 51.3 Å². The maximum atomic E-state index is 12.1. The summed E-state index contributed by atoms with van der Waals surface area (Å²) in [5.74, 6) is 0.0439. The molecular weight excluding hydrogens is 339 g/mol. The molecule has 1 aliphatic rings. The number of ether oxygens (including phenoxy) is 2. The number of halogens is 3. The van der Waals surface area contributed by atoms with Gasteiger partial charge in [0.15, 0.2) is 6.61 Å². The van der Waals surface area contributed by atoms with Crippen LogP contribution in [0.15, 0.2) is 24.3 Å². The fourth-order valence-corrected chi connectivity index (χ4v) is 2.33. The van der Waals surface area contributed by atoms with E-state index in [4.69, 9.17) is 4.74 Å². The Hall–Kier alpha value is -2.00. The highest BCUT2D eigenvalue weighted by Gasteiger charge is 2.28. The zero-order valence-corrected chi connectivity index (χ0v) is 13.8. The maximum Gasteiger partial charge on any atom is 0.422 e. The van der Waals surface area contributed by atoms with Gasteiger partial charge in [0.25, 0.3) is 0 Å². The Kier molecular flexibility index (Phi) is 7.32. The van der Waals surface area contributed by atoms with Gasteiger partial charge in [-0.2, -0.15) is 13.2 Å². The molecule has 1 aromatic rings. The van der Waals surface area contributed by atoms with Gasteiger partial charge in [-0.15, -0.1) is 0 Å². The van der Waals surface area contributed by atoms with Gasteiger partial charge >= 0.3 is 12.2 Å². The number of benzene rings is 1. The van der Waals surface area contributed by atoms with Crippen LogP contribution in [0.5, 0.6) is 5.75 Å². The Balaban J connectivity index is 1.67. The summed E-state index contributed by atoms with van der Waals surface area (Å²) in [5.41, 5.74) is 0.366. The summed E-state index contributed by atoms with van der Waals surface area (Å²) in [4.78, 5) is 14.1. The monoisotopic (exact) mass is 361 g/mol. The average molecular weight is 361 g/mol. The third-order valence-corrected chi connectivity index (χ3v) is 3.53. The van der Waals surface area contributed by atoms with Gasteiger partial charge in [0.1, 0.15) is 5.75 Å². The summed E-state index contributed by atoms with van der Waals surface area (Å²) < 4.78 is 46.3. The Morgan fingerprint density at radius 3 is 2.76 bits per heavy atom. The number of amides is 2. The van der Waals surface area contributed by atoms with Crippen LogP contribution in [0.4, 0.5) is 23.7 Å². The van der Waals surface area contributed by atoms with Gasteiger partial charge in [0, 0.05) is 31.4 Å². The van der Waals surface area contributed by atoms with Crippen LogP contribution in [0, 0.1) is 0 Å². The number of rotatable bonds is 7. The molecule has 2 amide bonds. The van der Waals surface area contributed by atoms with E-state index in [2.05, 4.69) is 20.3 Å². The van der Waals surface area contributed by atoms with Crippen LogP contribution < -0.4 is 15.4 Å². The van der Waals surface area contributed by atoms with E-state index in [1.807, 2.05) is 0 Å². The summed E-state index contributed by atoms with van der Waals surface area (Å²) in [6.07, 6.45) is -3.59. The zero-order valence-electron chi connectivity index (χ0n) is 13.8. The Labute approximate surface area is 144 Å². The second-order valence-electron chi connectivity index (χ2n) is 5.62. The molecule has 1 saturated heterocycles. The quantitative estimate of drug-likeness (QED) is 0.733. The molecule has 2 rings (SSSR count). The predicted molar refractivity (Wildman–Crippen MR) is 86.9 cm³/mol. The number of urea groups is 1. The first-order valence-electron chi connectivity index (χ1n) is 8.07. The second-order valence-corrected chi connectivity index (χ2v) is 5.62. The Morgan fingerprint density at radius 2 is 2.04 bits per heavy atom. The lowest BCUT2D eigenvalue weighted by molar-refractivity contribution is -0.153. The number of carbonyl (C=O) groups is 1. The molecule has 0 aliphatic carbocycles. The van der Waals surface area contributed by atoms with E-state index < -0.39 is 18.8 Å². The van der Waals surface area contributed by atoms with E-state index in [-0.39, 0.29) is 5.75 Å². The summed E-state index contributed by atoms with van der Waals surface area (Å²) >= 11 is 0. The van der Waals surface area contributed by atoms with E-state index in [0.717, 1.165) is 39.3 Å². The van der Waals surface area contributed by atoms with E-state index in [1.54, 1.807) is 6.07 Å². The maximum absolute atomic E-state index is 12.1. The minimum atomic E-state index is -4.40. The molecule has 0 saturated carbocycles. The number of morpholine rings is 1. The largest absolute Gasteiger partial charge is 0.484 e. The first kappa shape index (κ1) is 19.3. The number of anilines is 1. The fraction of sp³-hybridized carbons (Fsp3) is 0.562. The van der Waals surface area contributed by atoms with Gasteiger partial charge in [-0.3, -0.25) is 4.90 Å². The topological polar surface area (TPSA) is 62.8 Å². The van der Waals surface area contributed by atoms with Crippen LogP contribution in [0.25, 0.3) is 0 Å². The molecule has 140 valence electrons. The Morgan fingerprint density at radius 1 is 1.28 bits per heavy atom. The summed E-state index contributed by atoms with van der Waals surface area (Å²) in [5, 5.41) is 5.29. The first-order chi connectivity index (χ1) is 11.9. The number of alkyl halides is 3. The van der Waals surface area contributed by atoms with E-state index in [9.17, 15) is 18.0 Å². The van der Waals surface area contributed by atoms with Crippen molar-refractivity contribution >= 4 is 11.7 Å². The SMILES string of the molecule is O=C(NCCCN1CCOCC1)Nc1cccc(OCC(F)(F)F)c1. The molecule has 6 nitrogen and oxygen atoms in total. The van der Waals surface area contributed by atoms with Crippen molar-refractivity contribution in [1.82, 2.24) is 10.2 Å². The summed E-state index contributed by atoms with van der Waals surface area (Å²) in [7, 11) is 0. The van der Waals surface area contributed by atoms with E-state index in [1.165, 1.54) is 18.2 Å². The Bertz CT molecular complexity index is 549. The first-order valence-corrected chi connectivity index (χ1v) is 8.07. The van der Waals surface area contributed by atoms with Gasteiger partial charge < -0.3 is 20.1 Å². The molecule has 9 heteroatoms. The highest BCUT2D eigenvalue weighted by Crippen LogP contribution is 2.21. The number of hydrogen-bond acceptors (Lipinski definition) is 4. The van der Waals surface area contributed by atoms with Crippen molar-refractivity contribution < 1.29 is 27.4 Å². The smallest absolute Gasteiger partial charge is 0.422 e. The molecule has 0 aromatic heterocycles. The molecule has 1 heterocycles. The lowest BCUT2D eigenvalue weighted by atomic mass is 10.3. The van der Waals surface area contributed by atoms with Gasteiger partial charge in [0.2, 0.25) is 0 Å². The van der Waals surface area contributed by atoms with Crippen LogP contribution in [0.3, 0.4) is 0 Å². The highest BCUT2D eigenvalue weighted by atomic mass is 19.4. The number of hydrogen-bond donors (Lipinski definition) is 2. The molecule has 0 spiro atoms. The zero-order chi connectivity index (χ0) is 18.1.